The molecule has 5 nitrogen and oxygen atoms in total. The number of thiophene rings is 1. The van der Waals surface area contributed by atoms with Gasteiger partial charge in [-0.05, 0) is 66.0 Å². The molecular formula is C26H26N2O3S. The first kappa shape index (κ1) is 20.8. The molecule has 164 valence electrons. The number of anilines is 1. The predicted molar refractivity (Wildman–Crippen MR) is 126 cm³/mol. The third-order valence-electron chi connectivity index (χ3n) is 6.21. The Balaban J connectivity index is 1.32. The maximum Gasteiger partial charge on any atom is 0.265 e. The SMILES string of the molecule is O=C(CCN1C(=O)COc2ccccc21)N[C@@H](c1ccc2c(c1)CCCC2)c1cccs1. The van der Waals surface area contributed by atoms with E-state index in [2.05, 4.69) is 29.6 Å². The first-order chi connectivity index (χ1) is 15.7. The van der Waals surface area contributed by atoms with Gasteiger partial charge >= 0.3 is 0 Å². The second kappa shape index (κ2) is 9.17. The van der Waals surface area contributed by atoms with Crippen molar-refractivity contribution in [3.05, 3.63) is 81.5 Å². The van der Waals surface area contributed by atoms with E-state index in [9.17, 15) is 9.59 Å². The van der Waals surface area contributed by atoms with Crippen LogP contribution in [0, 0.1) is 0 Å². The van der Waals surface area contributed by atoms with Crippen LogP contribution in [0.15, 0.2) is 60.0 Å². The Hall–Kier alpha value is -3.12. The van der Waals surface area contributed by atoms with Gasteiger partial charge in [-0.1, -0.05) is 36.4 Å². The lowest BCUT2D eigenvalue weighted by atomic mass is 9.89. The minimum atomic E-state index is -0.178. The fraction of sp³-hybridized carbons (Fsp3) is 0.308. The summed E-state index contributed by atoms with van der Waals surface area (Å²) >= 11 is 1.65. The molecule has 0 spiro atoms. The fourth-order valence-electron chi connectivity index (χ4n) is 4.55. The summed E-state index contributed by atoms with van der Waals surface area (Å²) in [4.78, 5) is 28.2. The quantitative estimate of drug-likeness (QED) is 0.600. The van der Waals surface area contributed by atoms with E-state index in [0.29, 0.717) is 12.3 Å². The smallest absolute Gasteiger partial charge is 0.265 e. The van der Waals surface area contributed by atoms with Crippen molar-refractivity contribution in [2.24, 2.45) is 0 Å². The number of benzene rings is 2. The summed E-state index contributed by atoms with van der Waals surface area (Å²) in [5.74, 6) is 0.483. The van der Waals surface area contributed by atoms with Gasteiger partial charge in [-0.2, -0.15) is 0 Å². The zero-order chi connectivity index (χ0) is 21.9. The summed E-state index contributed by atoms with van der Waals surface area (Å²) < 4.78 is 5.50. The highest BCUT2D eigenvalue weighted by atomic mass is 32.1. The van der Waals surface area contributed by atoms with Crippen molar-refractivity contribution in [1.82, 2.24) is 5.32 Å². The predicted octanol–water partition coefficient (Wildman–Crippen LogP) is 4.65. The monoisotopic (exact) mass is 446 g/mol. The first-order valence-corrected chi connectivity index (χ1v) is 12.0. The number of nitrogens with zero attached hydrogens (tertiary/aromatic N) is 1. The molecule has 0 fully saturated rings. The Labute approximate surface area is 192 Å². The fourth-order valence-corrected chi connectivity index (χ4v) is 5.36. The number of aryl methyl sites for hydroxylation is 2. The molecule has 0 unspecified atom stereocenters. The molecule has 1 aromatic heterocycles. The Kier molecular flexibility index (Phi) is 5.95. The lowest BCUT2D eigenvalue weighted by Gasteiger charge is -2.29. The third kappa shape index (κ3) is 4.28. The van der Waals surface area contributed by atoms with Crippen LogP contribution in [-0.4, -0.2) is 25.0 Å². The van der Waals surface area contributed by atoms with Crippen molar-refractivity contribution in [3.63, 3.8) is 0 Å². The lowest BCUT2D eigenvalue weighted by Crippen LogP contribution is -2.41. The van der Waals surface area contributed by atoms with E-state index in [0.717, 1.165) is 29.0 Å². The molecule has 1 atom stereocenters. The zero-order valence-electron chi connectivity index (χ0n) is 17.9. The van der Waals surface area contributed by atoms with Gasteiger partial charge < -0.3 is 15.0 Å². The Morgan fingerprint density at radius 1 is 1.06 bits per heavy atom. The second-order valence-corrected chi connectivity index (χ2v) is 9.28. The number of para-hydroxylation sites is 2. The van der Waals surface area contributed by atoms with Gasteiger partial charge in [-0.15, -0.1) is 11.3 Å². The van der Waals surface area contributed by atoms with Crippen LogP contribution >= 0.6 is 11.3 Å². The third-order valence-corrected chi connectivity index (χ3v) is 7.15. The molecule has 0 saturated heterocycles. The van der Waals surface area contributed by atoms with Crippen molar-refractivity contribution in [2.45, 2.75) is 38.1 Å². The number of nitrogens with one attached hydrogen (secondary N) is 1. The maximum absolute atomic E-state index is 13.0. The van der Waals surface area contributed by atoms with Gasteiger partial charge in [0, 0.05) is 17.8 Å². The highest BCUT2D eigenvalue weighted by Gasteiger charge is 2.26. The maximum atomic E-state index is 13.0. The van der Waals surface area contributed by atoms with E-state index >= 15 is 0 Å². The molecule has 5 rings (SSSR count). The van der Waals surface area contributed by atoms with E-state index in [-0.39, 0.29) is 30.9 Å². The lowest BCUT2D eigenvalue weighted by molar-refractivity contribution is -0.122. The molecule has 1 aliphatic heterocycles. The highest BCUT2D eigenvalue weighted by Crippen LogP contribution is 2.32. The molecule has 1 N–H and O–H groups in total. The summed E-state index contributed by atoms with van der Waals surface area (Å²) in [6.07, 6.45) is 4.95. The van der Waals surface area contributed by atoms with Gasteiger partial charge in [0.1, 0.15) is 5.75 Å². The van der Waals surface area contributed by atoms with Crippen molar-refractivity contribution >= 4 is 28.8 Å². The average molecular weight is 447 g/mol. The van der Waals surface area contributed by atoms with Crippen LogP contribution in [-0.2, 0) is 22.4 Å². The normalized spacial score (nSPS) is 16.0. The summed E-state index contributed by atoms with van der Waals surface area (Å²) in [5, 5.41) is 5.26. The number of rotatable bonds is 6. The summed E-state index contributed by atoms with van der Waals surface area (Å²) in [7, 11) is 0. The minimum absolute atomic E-state index is 0.00553. The highest BCUT2D eigenvalue weighted by molar-refractivity contribution is 7.10. The van der Waals surface area contributed by atoms with Crippen molar-refractivity contribution in [2.75, 3.05) is 18.1 Å². The molecule has 2 aliphatic rings. The van der Waals surface area contributed by atoms with Gasteiger partial charge in [0.15, 0.2) is 6.61 Å². The number of fused-ring (bicyclic) bond motifs is 2. The van der Waals surface area contributed by atoms with Crippen LogP contribution in [0.25, 0.3) is 0 Å². The topological polar surface area (TPSA) is 58.6 Å². The van der Waals surface area contributed by atoms with E-state index in [4.69, 9.17) is 4.74 Å². The molecular weight excluding hydrogens is 420 g/mol. The van der Waals surface area contributed by atoms with Crippen LogP contribution in [0.1, 0.15) is 46.9 Å². The van der Waals surface area contributed by atoms with Crippen LogP contribution in [0.4, 0.5) is 5.69 Å². The molecule has 0 bridgehead atoms. The summed E-state index contributed by atoms with van der Waals surface area (Å²) in [6, 6.07) is 18.0. The molecule has 2 aromatic carbocycles. The largest absolute Gasteiger partial charge is 0.482 e. The van der Waals surface area contributed by atoms with Crippen molar-refractivity contribution < 1.29 is 14.3 Å². The average Bonchev–Trinajstić information content (AvgIpc) is 3.36. The number of carbonyl (C=O) groups is 2. The molecule has 2 heterocycles. The Morgan fingerprint density at radius 2 is 1.91 bits per heavy atom. The van der Waals surface area contributed by atoms with Gasteiger partial charge in [-0.25, -0.2) is 0 Å². The van der Waals surface area contributed by atoms with Gasteiger partial charge in [-0.3, -0.25) is 9.59 Å². The Bertz CT molecular complexity index is 1130. The standard InChI is InChI=1S/C26H26N2O3S/c29-24(13-14-28-21-8-3-4-9-22(21)31-17-25(28)30)27-26(23-10-5-15-32-23)20-12-11-18-6-1-2-7-19(18)16-20/h3-5,8-12,15-16,26H,1-2,6-7,13-14,17H2,(H,27,29)/t26-/m0/s1. The van der Waals surface area contributed by atoms with E-state index < -0.39 is 0 Å². The van der Waals surface area contributed by atoms with E-state index in [1.807, 2.05) is 35.7 Å². The first-order valence-electron chi connectivity index (χ1n) is 11.2. The molecule has 3 aromatic rings. The molecule has 1 aliphatic carbocycles. The van der Waals surface area contributed by atoms with Crippen LogP contribution in [0.2, 0.25) is 0 Å². The summed E-state index contributed by atoms with van der Waals surface area (Å²) in [5.41, 5.74) is 4.68. The zero-order valence-corrected chi connectivity index (χ0v) is 18.7. The molecule has 6 heteroatoms. The molecule has 0 radical (unpaired) electrons. The van der Waals surface area contributed by atoms with Gasteiger partial charge in [0.2, 0.25) is 5.91 Å². The van der Waals surface area contributed by atoms with E-state index in [1.165, 1.54) is 24.0 Å². The van der Waals surface area contributed by atoms with Gasteiger partial charge in [0.25, 0.3) is 5.91 Å². The summed E-state index contributed by atoms with van der Waals surface area (Å²) in [6.45, 7) is 0.331. The molecule has 2 amide bonds. The Morgan fingerprint density at radius 3 is 2.75 bits per heavy atom. The van der Waals surface area contributed by atoms with Crippen molar-refractivity contribution in [3.8, 4) is 5.75 Å². The number of hydrogen-bond acceptors (Lipinski definition) is 4. The minimum Gasteiger partial charge on any atom is -0.482 e. The van der Waals surface area contributed by atoms with Crippen LogP contribution in [0.5, 0.6) is 5.75 Å². The van der Waals surface area contributed by atoms with Gasteiger partial charge in [0.05, 0.1) is 11.7 Å². The number of ether oxygens (including phenoxy) is 1. The van der Waals surface area contributed by atoms with E-state index in [1.54, 1.807) is 16.2 Å². The molecule has 32 heavy (non-hydrogen) atoms. The molecule has 0 saturated carbocycles. The number of hydrogen-bond donors (Lipinski definition) is 1. The number of carbonyl (C=O) groups excluding carboxylic acids is 2. The van der Waals surface area contributed by atoms with Crippen molar-refractivity contribution in [1.29, 1.82) is 0 Å². The number of amides is 2. The van der Waals surface area contributed by atoms with Crippen LogP contribution < -0.4 is 15.0 Å². The van der Waals surface area contributed by atoms with Crippen LogP contribution in [0.3, 0.4) is 0 Å². The second-order valence-electron chi connectivity index (χ2n) is 8.30.